The molecule has 0 amide bonds. The fourth-order valence-electron chi connectivity index (χ4n) is 1.88. The smallest absolute Gasteiger partial charge is 0.180 e. The average Bonchev–Trinajstić information content (AvgIpc) is 2.74. The number of aromatic amines is 1. The maximum atomic E-state index is 5.65. The van der Waals surface area contributed by atoms with E-state index in [1.807, 2.05) is 24.3 Å². The molecule has 0 aliphatic rings. The summed E-state index contributed by atoms with van der Waals surface area (Å²) >= 11 is 3.47. The molecule has 90 valence electrons. The van der Waals surface area contributed by atoms with Crippen molar-refractivity contribution in [1.29, 1.82) is 0 Å². The van der Waals surface area contributed by atoms with E-state index in [4.69, 9.17) is 5.73 Å². The van der Waals surface area contributed by atoms with Gasteiger partial charge in [0.15, 0.2) is 5.65 Å². The third-order valence-corrected chi connectivity index (χ3v) is 3.32. The summed E-state index contributed by atoms with van der Waals surface area (Å²) in [6, 6.07) is 9.75. The topological polar surface area (TPSA) is 67.6 Å². The van der Waals surface area contributed by atoms with Crippen LogP contribution in [0.15, 0.2) is 34.8 Å². The highest BCUT2D eigenvalue weighted by molar-refractivity contribution is 9.10. The summed E-state index contributed by atoms with van der Waals surface area (Å²) in [6.07, 6.45) is 0. The van der Waals surface area contributed by atoms with Crippen molar-refractivity contribution in [3.8, 4) is 11.4 Å². The summed E-state index contributed by atoms with van der Waals surface area (Å²) in [6.45, 7) is 2.05. The van der Waals surface area contributed by atoms with Gasteiger partial charge in [-0.05, 0) is 36.8 Å². The largest absolute Gasteiger partial charge is 0.384 e. The van der Waals surface area contributed by atoms with Crippen LogP contribution in [0.1, 0.15) is 5.56 Å². The first-order valence-electron chi connectivity index (χ1n) is 5.52. The molecule has 0 aliphatic heterocycles. The Bertz CT molecular complexity index is 733. The van der Waals surface area contributed by atoms with E-state index in [2.05, 4.69) is 37.8 Å². The molecule has 3 aromatic rings. The van der Waals surface area contributed by atoms with Gasteiger partial charge in [-0.3, -0.25) is 0 Å². The first-order valence-corrected chi connectivity index (χ1v) is 6.31. The molecule has 0 atom stereocenters. The Morgan fingerprint density at radius 3 is 2.83 bits per heavy atom. The lowest BCUT2D eigenvalue weighted by molar-refractivity contribution is 1.28. The summed E-state index contributed by atoms with van der Waals surface area (Å²) < 4.78 is 1.02. The number of aromatic nitrogens is 3. The molecule has 0 unspecified atom stereocenters. The molecule has 0 saturated heterocycles. The number of hydrogen-bond donors (Lipinski definition) is 2. The van der Waals surface area contributed by atoms with Gasteiger partial charge in [-0.15, -0.1) is 0 Å². The zero-order chi connectivity index (χ0) is 12.7. The number of hydrogen-bond acceptors (Lipinski definition) is 3. The number of aryl methyl sites for hydroxylation is 1. The fourth-order valence-corrected chi connectivity index (χ4v) is 2.25. The van der Waals surface area contributed by atoms with Gasteiger partial charge >= 0.3 is 0 Å². The summed E-state index contributed by atoms with van der Waals surface area (Å²) in [7, 11) is 0. The Morgan fingerprint density at radius 1 is 1.17 bits per heavy atom. The second-order valence-corrected chi connectivity index (χ2v) is 5.07. The molecule has 4 nitrogen and oxygen atoms in total. The molecule has 0 fully saturated rings. The summed E-state index contributed by atoms with van der Waals surface area (Å²) in [5.74, 6) is 1.29. The summed E-state index contributed by atoms with van der Waals surface area (Å²) in [5, 5.41) is 0. The number of benzene rings is 1. The number of imidazole rings is 1. The van der Waals surface area contributed by atoms with Crippen molar-refractivity contribution >= 4 is 32.9 Å². The van der Waals surface area contributed by atoms with Crippen molar-refractivity contribution in [2.45, 2.75) is 6.92 Å². The molecule has 0 aliphatic carbocycles. The maximum Gasteiger partial charge on any atom is 0.180 e. The van der Waals surface area contributed by atoms with Gasteiger partial charge in [0.2, 0.25) is 0 Å². The predicted molar refractivity (Wildman–Crippen MR) is 76.2 cm³/mol. The van der Waals surface area contributed by atoms with Crippen LogP contribution in [0.4, 0.5) is 5.82 Å². The number of pyridine rings is 1. The molecule has 0 radical (unpaired) electrons. The van der Waals surface area contributed by atoms with E-state index in [1.54, 1.807) is 6.07 Å². The third kappa shape index (κ3) is 1.86. The Morgan fingerprint density at radius 2 is 2.00 bits per heavy atom. The quantitative estimate of drug-likeness (QED) is 0.725. The predicted octanol–water partition coefficient (Wildman–Crippen LogP) is 3.28. The van der Waals surface area contributed by atoms with E-state index in [0.29, 0.717) is 11.5 Å². The van der Waals surface area contributed by atoms with Gasteiger partial charge in [0.25, 0.3) is 0 Å². The lowest BCUT2D eigenvalue weighted by atomic mass is 10.1. The van der Waals surface area contributed by atoms with Gasteiger partial charge in [0, 0.05) is 10.0 Å². The van der Waals surface area contributed by atoms with E-state index in [-0.39, 0.29) is 0 Å². The number of halogens is 1. The van der Waals surface area contributed by atoms with E-state index < -0.39 is 0 Å². The van der Waals surface area contributed by atoms with Crippen LogP contribution in [0.2, 0.25) is 0 Å². The molecule has 0 saturated carbocycles. The standard InChI is InChI=1S/C13H11BrN4/c1-7-2-3-8(14)6-9(7)12-16-10-4-5-11(15)17-13(10)18-12/h2-6H,1H3,(H3,15,16,17,18). The number of nitrogens with two attached hydrogens (primary N) is 1. The van der Waals surface area contributed by atoms with Crippen LogP contribution in [-0.4, -0.2) is 15.0 Å². The van der Waals surface area contributed by atoms with Crippen molar-refractivity contribution in [2.24, 2.45) is 0 Å². The van der Waals surface area contributed by atoms with Crippen LogP contribution in [-0.2, 0) is 0 Å². The average molecular weight is 303 g/mol. The van der Waals surface area contributed by atoms with Crippen LogP contribution in [0.25, 0.3) is 22.6 Å². The Kier molecular flexibility index (Phi) is 2.56. The number of nitrogen functional groups attached to an aromatic ring is 1. The van der Waals surface area contributed by atoms with Crippen molar-refractivity contribution in [1.82, 2.24) is 15.0 Å². The van der Waals surface area contributed by atoms with Crippen molar-refractivity contribution in [3.63, 3.8) is 0 Å². The van der Waals surface area contributed by atoms with Crippen LogP contribution in [0, 0.1) is 6.92 Å². The van der Waals surface area contributed by atoms with Gasteiger partial charge in [0.1, 0.15) is 11.6 Å². The third-order valence-electron chi connectivity index (χ3n) is 2.82. The summed E-state index contributed by atoms with van der Waals surface area (Å²) in [4.78, 5) is 11.9. The number of fused-ring (bicyclic) bond motifs is 1. The number of anilines is 1. The number of nitrogens with zero attached hydrogens (tertiary/aromatic N) is 2. The highest BCUT2D eigenvalue weighted by Crippen LogP contribution is 2.26. The molecule has 2 aromatic heterocycles. The number of nitrogens with one attached hydrogen (secondary N) is 1. The second kappa shape index (κ2) is 4.10. The van der Waals surface area contributed by atoms with Crippen molar-refractivity contribution in [2.75, 3.05) is 5.73 Å². The van der Waals surface area contributed by atoms with E-state index in [1.165, 1.54) is 0 Å². The summed E-state index contributed by atoms with van der Waals surface area (Å²) in [5.41, 5.74) is 9.40. The lowest BCUT2D eigenvalue weighted by Crippen LogP contribution is -1.88. The normalized spacial score (nSPS) is 11.0. The molecule has 18 heavy (non-hydrogen) atoms. The minimum Gasteiger partial charge on any atom is -0.384 e. The minimum absolute atomic E-state index is 0.478. The molecule has 2 heterocycles. The van der Waals surface area contributed by atoms with Crippen LogP contribution < -0.4 is 5.73 Å². The molecular formula is C13H11BrN4. The number of rotatable bonds is 1. The van der Waals surface area contributed by atoms with Crippen LogP contribution in [0.5, 0.6) is 0 Å². The Balaban J connectivity index is 2.22. The monoisotopic (exact) mass is 302 g/mol. The zero-order valence-electron chi connectivity index (χ0n) is 9.74. The lowest BCUT2D eigenvalue weighted by Gasteiger charge is -2.02. The Labute approximate surface area is 112 Å². The van der Waals surface area contributed by atoms with Crippen LogP contribution in [0.3, 0.4) is 0 Å². The molecule has 3 rings (SSSR count). The number of H-pyrrole nitrogens is 1. The van der Waals surface area contributed by atoms with Gasteiger partial charge in [-0.2, -0.15) is 0 Å². The van der Waals surface area contributed by atoms with Crippen molar-refractivity contribution in [3.05, 3.63) is 40.4 Å². The van der Waals surface area contributed by atoms with E-state index in [0.717, 1.165) is 26.9 Å². The molecule has 1 aromatic carbocycles. The first-order chi connectivity index (χ1) is 8.63. The molecule has 5 heteroatoms. The van der Waals surface area contributed by atoms with Crippen LogP contribution >= 0.6 is 15.9 Å². The van der Waals surface area contributed by atoms with E-state index in [9.17, 15) is 0 Å². The molecule has 3 N–H and O–H groups in total. The van der Waals surface area contributed by atoms with Gasteiger partial charge in [0.05, 0.1) is 5.52 Å². The van der Waals surface area contributed by atoms with Crippen molar-refractivity contribution < 1.29 is 0 Å². The molecular weight excluding hydrogens is 292 g/mol. The molecule has 0 bridgehead atoms. The van der Waals surface area contributed by atoms with E-state index >= 15 is 0 Å². The second-order valence-electron chi connectivity index (χ2n) is 4.15. The first kappa shape index (κ1) is 11.2. The minimum atomic E-state index is 0.478. The Hall–Kier alpha value is -1.88. The highest BCUT2D eigenvalue weighted by Gasteiger charge is 2.09. The van der Waals surface area contributed by atoms with Gasteiger partial charge in [-0.1, -0.05) is 22.0 Å². The van der Waals surface area contributed by atoms with Gasteiger partial charge in [-0.25, -0.2) is 9.97 Å². The fraction of sp³-hybridized carbons (Fsp3) is 0.0769. The molecule has 0 spiro atoms. The maximum absolute atomic E-state index is 5.65. The highest BCUT2D eigenvalue weighted by atomic mass is 79.9. The SMILES string of the molecule is Cc1ccc(Br)cc1-c1nc2nc(N)ccc2[nH]1. The van der Waals surface area contributed by atoms with Gasteiger partial charge < -0.3 is 10.7 Å². The zero-order valence-corrected chi connectivity index (χ0v) is 11.3.